The summed E-state index contributed by atoms with van der Waals surface area (Å²) < 4.78 is 0. The van der Waals surface area contributed by atoms with E-state index in [0.717, 1.165) is 44.6 Å². The fourth-order valence-corrected chi connectivity index (χ4v) is 3.79. The Morgan fingerprint density at radius 2 is 1.96 bits per heavy atom. The molecule has 0 unspecified atom stereocenters. The van der Waals surface area contributed by atoms with Gasteiger partial charge in [0.25, 0.3) is 0 Å². The summed E-state index contributed by atoms with van der Waals surface area (Å²) in [6.45, 7) is 2.84. The van der Waals surface area contributed by atoms with E-state index in [4.69, 9.17) is 0 Å². The minimum atomic E-state index is -0.222. The van der Waals surface area contributed by atoms with Gasteiger partial charge in [-0.15, -0.1) is 0 Å². The number of piperidine rings is 1. The number of fused-ring (bicyclic) bond motifs is 1. The van der Waals surface area contributed by atoms with E-state index in [2.05, 4.69) is 33.4 Å². The van der Waals surface area contributed by atoms with Crippen molar-refractivity contribution in [2.45, 2.75) is 25.8 Å². The number of rotatable bonds is 2. The molecule has 0 saturated carbocycles. The molecule has 4 nitrogen and oxygen atoms in total. The number of benzene rings is 1. The van der Waals surface area contributed by atoms with Gasteiger partial charge in [0.05, 0.1) is 5.41 Å². The Labute approximate surface area is 136 Å². The molecule has 0 atom stereocenters. The van der Waals surface area contributed by atoms with Crippen LogP contribution in [-0.2, 0) is 17.8 Å². The van der Waals surface area contributed by atoms with E-state index in [9.17, 15) is 4.79 Å². The van der Waals surface area contributed by atoms with Gasteiger partial charge in [-0.1, -0.05) is 24.3 Å². The van der Waals surface area contributed by atoms with Gasteiger partial charge in [0.15, 0.2) is 0 Å². The van der Waals surface area contributed by atoms with Gasteiger partial charge in [0.1, 0.15) is 0 Å². The van der Waals surface area contributed by atoms with Crippen LogP contribution in [0.15, 0.2) is 48.8 Å². The van der Waals surface area contributed by atoms with E-state index in [1.54, 1.807) is 6.20 Å². The summed E-state index contributed by atoms with van der Waals surface area (Å²) in [5.74, 6) is 0.206. The van der Waals surface area contributed by atoms with Crippen LogP contribution in [-0.4, -0.2) is 28.9 Å². The monoisotopic (exact) mass is 307 g/mol. The van der Waals surface area contributed by atoms with Crippen molar-refractivity contribution in [3.05, 3.63) is 59.9 Å². The van der Waals surface area contributed by atoms with Crippen molar-refractivity contribution in [1.82, 2.24) is 9.88 Å². The third kappa shape index (κ3) is 2.75. The molecule has 1 aromatic heterocycles. The minimum Gasteiger partial charge on any atom is -0.325 e. The molecule has 1 spiro atoms. The first-order chi connectivity index (χ1) is 11.3. The molecule has 1 saturated heterocycles. The van der Waals surface area contributed by atoms with Crippen LogP contribution in [0.5, 0.6) is 0 Å². The number of carbonyl (C=O) groups is 1. The van der Waals surface area contributed by atoms with Crippen LogP contribution < -0.4 is 5.32 Å². The number of nitrogens with zero attached hydrogens (tertiary/aromatic N) is 2. The Hall–Kier alpha value is -2.20. The summed E-state index contributed by atoms with van der Waals surface area (Å²) in [5.41, 5.74) is 3.27. The number of anilines is 1. The molecule has 2 aliphatic rings. The van der Waals surface area contributed by atoms with E-state index in [0.29, 0.717) is 0 Å². The predicted molar refractivity (Wildman–Crippen MR) is 90.0 cm³/mol. The molecule has 1 N–H and O–H groups in total. The molecule has 23 heavy (non-hydrogen) atoms. The second-order valence-electron chi connectivity index (χ2n) is 6.71. The summed E-state index contributed by atoms with van der Waals surface area (Å²) in [6, 6.07) is 12.3. The number of para-hydroxylation sites is 1. The predicted octanol–water partition coefficient (Wildman–Crippen LogP) is 2.86. The SMILES string of the molecule is O=C1Nc2ccccc2CC12CCN(Cc1cccnc1)CC2. The van der Waals surface area contributed by atoms with E-state index in [-0.39, 0.29) is 11.3 Å². The summed E-state index contributed by atoms with van der Waals surface area (Å²) >= 11 is 0. The first-order valence-corrected chi connectivity index (χ1v) is 8.26. The zero-order valence-electron chi connectivity index (χ0n) is 13.2. The van der Waals surface area contributed by atoms with Gasteiger partial charge in [-0.25, -0.2) is 0 Å². The molecule has 0 bridgehead atoms. The Balaban J connectivity index is 1.46. The number of aromatic nitrogens is 1. The maximum Gasteiger partial charge on any atom is 0.231 e. The van der Waals surface area contributed by atoms with Crippen molar-refractivity contribution in [3.63, 3.8) is 0 Å². The van der Waals surface area contributed by atoms with Gasteiger partial charge < -0.3 is 5.32 Å². The van der Waals surface area contributed by atoms with Crippen molar-refractivity contribution < 1.29 is 4.79 Å². The molecule has 0 radical (unpaired) electrons. The minimum absolute atomic E-state index is 0.206. The normalized spacial score (nSPS) is 20.1. The van der Waals surface area contributed by atoms with Gasteiger partial charge in [-0.05, 0) is 55.6 Å². The molecule has 1 aromatic carbocycles. The molecule has 2 aromatic rings. The molecule has 2 aliphatic heterocycles. The number of pyridine rings is 1. The van der Waals surface area contributed by atoms with Crippen LogP contribution in [0, 0.1) is 5.41 Å². The highest BCUT2D eigenvalue weighted by Crippen LogP contribution is 2.41. The first kappa shape index (κ1) is 14.4. The van der Waals surface area contributed by atoms with Gasteiger partial charge in [-0.2, -0.15) is 0 Å². The smallest absolute Gasteiger partial charge is 0.231 e. The largest absolute Gasteiger partial charge is 0.325 e. The van der Waals surface area contributed by atoms with E-state index < -0.39 is 0 Å². The molecule has 4 rings (SSSR count). The van der Waals surface area contributed by atoms with Crippen LogP contribution in [0.1, 0.15) is 24.0 Å². The lowest BCUT2D eigenvalue weighted by molar-refractivity contribution is -0.129. The number of likely N-dealkylation sites (tertiary alicyclic amines) is 1. The zero-order chi connectivity index (χ0) is 15.7. The van der Waals surface area contributed by atoms with Crippen LogP contribution in [0.25, 0.3) is 0 Å². The van der Waals surface area contributed by atoms with E-state index in [1.807, 2.05) is 24.4 Å². The highest BCUT2D eigenvalue weighted by molar-refractivity contribution is 5.98. The van der Waals surface area contributed by atoms with Crippen molar-refractivity contribution in [1.29, 1.82) is 0 Å². The molecular weight excluding hydrogens is 286 g/mol. The topological polar surface area (TPSA) is 45.2 Å². The number of nitrogens with one attached hydrogen (secondary N) is 1. The third-order valence-corrected chi connectivity index (χ3v) is 5.22. The van der Waals surface area contributed by atoms with Gasteiger partial charge in [0, 0.05) is 24.6 Å². The Morgan fingerprint density at radius 3 is 2.74 bits per heavy atom. The number of amides is 1. The number of hydrogen-bond acceptors (Lipinski definition) is 3. The summed E-state index contributed by atoms with van der Waals surface area (Å²) in [5, 5.41) is 3.12. The molecule has 118 valence electrons. The number of carbonyl (C=O) groups excluding carboxylic acids is 1. The lowest BCUT2D eigenvalue weighted by Crippen LogP contribution is -2.49. The van der Waals surface area contributed by atoms with Crippen molar-refractivity contribution >= 4 is 11.6 Å². The van der Waals surface area contributed by atoms with Gasteiger partial charge in [-0.3, -0.25) is 14.7 Å². The summed E-state index contributed by atoms with van der Waals surface area (Å²) in [6.07, 6.45) is 6.45. The number of hydrogen-bond donors (Lipinski definition) is 1. The van der Waals surface area contributed by atoms with Crippen LogP contribution in [0.4, 0.5) is 5.69 Å². The van der Waals surface area contributed by atoms with Crippen molar-refractivity contribution in [2.75, 3.05) is 18.4 Å². The fourth-order valence-electron chi connectivity index (χ4n) is 3.79. The average Bonchev–Trinajstić information content (AvgIpc) is 2.59. The lowest BCUT2D eigenvalue weighted by atomic mass is 9.71. The maximum atomic E-state index is 12.7. The second-order valence-corrected chi connectivity index (χ2v) is 6.71. The zero-order valence-corrected chi connectivity index (χ0v) is 13.2. The van der Waals surface area contributed by atoms with Crippen LogP contribution >= 0.6 is 0 Å². The van der Waals surface area contributed by atoms with Crippen molar-refractivity contribution in [3.8, 4) is 0 Å². The highest BCUT2D eigenvalue weighted by Gasteiger charge is 2.44. The lowest BCUT2D eigenvalue weighted by Gasteiger charge is -2.43. The molecule has 1 fully saturated rings. The summed E-state index contributed by atoms with van der Waals surface area (Å²) in [7, 11) is 0. The van der Waals surface area contributed by atoms with Crippen LogP contribution in [0.3, 0.4) is 0 Å². The van der Waals surface area contributed by atoms with E-state index in [1.165, 1.54) is 11.1 Å². The van der Waals surface area contributed by atoms with Gasteiger partial charge in [0.2, 0.25) is 5.91 Å². The summed E-state index contributed by atoms with van der Waals surface area (Å²) in [4.78, 5) is 19.3. The third-order valence-electron chi connectivity index (χ3n) is 5.22. The molecule has 0 aliphatic carbocycles. The Morgan fingerprint density at radius 1 is 1.13 bits per heavy atom. The highest BCUT2D eigenvalue weighted by atomic mass is 16.2. The second kappa shape index (κ2) is 5.78. The standard InChI is InChI=1S/C19H21N3O/c23-18-19(12-16-5-1-2-6-17(16)21-18)7-10-22(11-8-19)14-15-4-3-9-20-13-15/h1-6,9,13H,7-8,10-12,14H2,(H,21,23). The molecule has 1 amide bonds. The molecule has 4 heteroatoms. The maximum absolute atomic E-state index is 12.7. The van der Waals surface area contributed by atoms with Crippen LogP contribution in [0.2, 0.25) is 0 Å². The first-order valence-electron chi connectivity index (χ1n) is 8.26. The molecule has 3 heterocycles. The quantitative estimate of drug-likeness (QED) is 0.928. The Bertz CT molecular complexity index is 706. The Kier molecular flexibility index (Phi) is 3.62. The van der Waals surface area contributed by atoms with Crippen molar-refractivity contribution in [2.24, 2.45) is 5.41 Å². The molecular formula is C19H21N3O. The van der Waals surface area contributed by atoms with Gasteiger partial charge >= 0.3 is 0 Å². The van der Waals surface area contributed by atoms with E-state index >= 15 is 0 Å². The fraction of sp³-hybridized carbons (Fsp3) is 0.368. The average molecular weight is 307 g/mol.